The fraction of sp³-hybridized carbons (Fsp3) is 0.556. The Hall–Kier alpha value is -1.68. The minimum atomic E-state index is -1.36. The predicted octanol–water partition coefficient (Wildman–Crippen LogP) is -3.55. The van der Waals surface area contributed by atoms with Crippen LogP contribution in [0.25, 0.3) is 0 Å². The summed E-state index contributed by atoms with van der Waals surface area (Å²) in [5, 5.41) is 35.6. The zero-order valence-electron chi connectivity index (χ0n) is 9.30. The van der Waals surface area contributed by atoms with Gasteiger partial charge in [0.2, 0.25) is 0 Å². The van der Waals surface area contributed by atoms with Gasteiger partial charge in [-0.05, 0) is 6.07 Å². The van der Waals surface area contributed by atoms with E-state index < -0.39 is 36.8 Å². The van der Waals surface area contributed by atoms with Crippen LogP contribution in [0, 0.1) is 5.41 Å². The highest BCUT2D eigenvalue weighted by atomic mass is 16.6. The molecule has 9 heteroatoms. The van der Waals surface area contributed by atoms with E-state index in [2.05, 4.69) is 0 Å². The molecule has 1 aliphatic heterocycles. The standard InChI is InChI=1S/C9H14N4O5/c10-5-1-2-12(9(17)13(5)11)8-7(16)6(15)4(3-14)18-8/h1-2,4,6-8,10,14-16H,3,11H2/t4-,6-,7+,8-/m1/s1. The lowest BCUT2D eigenvalue weighted by Crippen LogP contribution is -2.46. The molecular formula is C9H14N4O5. The lowest BCUT2D eigenvalue weighted by Gasteiger charge is -2.17. The molecule has 2 heterocycles. The van der Waals surface area contributed by atoms with E-state index in [1.165, 1.54) is 12.3 Å². The van der Waals surface area contributed by atoms with Crippen LogP contribution in [-0.2, 0) is 4.74 Å². The van der Waals surface area contributed by atoms with Crippen LogP contribution in [0.1, 0.15) is 6.23 Å². The van der Waals surface area contributed by atoms with E-state index in [-0.39, 0.29) is 5.49 Å². The van der Waals surface area contributed by atoms with Gasteiger partial charge in [-0.15, -0.1) is 0 Å². The zero-order valence-corrected chi connectivity index (χ0v) is 9.30. The molecule has 18 heavy (non-hydrogen) atoms. The maximum absolute atomic E-state index is 11.8. The zero-order chi connectivity index (χ0) is 13.4. The molecule has 100 valence electrons. The van der Waals surface area contributed by atoms with Crippen molar-refractivity contribution in [2.45, 2.75) is 24.5 Å². The summed E-state index contributed by atoms with van der Waals surface area (Å²) in [5.74, 6) is 5.34. The fourth-order valence-electron chi connectivity index (χ4n) is 1.83. The first-order valence-corrected chi connectivity index (χ1v) is 5.23. The van der Waals surface area contributed by atoms with E-state index in [4.69, 9.17) is 21.1 Å². The number of nitrogens with one attached hydrogen (secondary N) is 1. The van der Waals surface area contributed by atoms with Crippen LogP contribution in [0.5, 0.6) is 0 Å². The van der Waals surface area contributed by atoms with Crippen molar-refractivity contribution in [2.24, 2.45) is 0 Å². The first kappa shape index (κ1) is 12.8. The smallest absolute Gasteiger partial charge is 0.350 e. The molecular weight excluding hydrogens is 244 g/mol. The molecule has 2 rings (SSSR count). The number of aliphatic hydroxyl groups excluding tert-OH is 3. The third-order valence-corrected chi connectivity index (χ3v) is 2.87. The molecule has 1 aromatic heterocycles. The van der Waals surface area contributed by atoms with Gasteiger partial charge in [0.05, 0.1) is 6.61 Å². The highest BCUT2D eigenvalue weighted by Gasteiger charge is 2.43. The fourth-order valence-corrected chi connectivity index (χ4v) is 1.83. The van der Waals surface area contributed by atoms with Crippen LogP contribution < -0.4 is 17.0 Å². The van der Waals surface area contributed by atoms with Gasteiger partial charge in [0, 0.05) is 6.20 Å². The largest absolute Gasteiger partial charge is 0.394 e. The third-order valence-electron chi connectivity index (χ3n) is 2.87. The van der Waals surface area contributed by atoms with Crippen LogP contribution in [0.2, 0.25) is 0 Å². The van der Waals surface area contributed by atoms with Crippen LogP contribution in [0.15, 0.2) is 17.1 Å². The van der Waals surface area contributed by atoms with Gasteiger partial charge in [0.15, 0.2) is 6.23 Å². The molecule has 0 radical (unpaired) electrons. The summed E-state index contributed by atoms with van der Waals surface area (Å²) in [6, 6.07) is 1.25. The number of aliphatic hydroxyl groups is 3. The van der Waals surface area contributed by atoms with E-state index in [1.54, 1.807) is 0 Å². The van der Waals surface area contributed by atoms with Crippen molar-refractivity contribution in [3.05, 3.63) is 28.2 Å². The second kappa shape index (κ2) is 4.53. The Morgan fingerprint density at radius 3 is 2.67 bits per heavy atom. The van der Waals surface area contributed by atoms with Crippen molar-refractivity contribution >= 4 is 0 Å². The summed E-state index contributed by atoms with van der Waals surface area (Å²) >= 11 is 0. The van der Waals surface area contributed by atoms with Crippen LogP contribution >= 0.6 is 0 Å². The molecule has 0 bridgehead atoms. The number of ether oxygens (including phenoxy) is 1. The minimum Gasteiger partial charge on any atom is -0.394 e. The summed E-state index contributed by atoms with van der Waals surface area (Å²) in [6.45, 7) is -0.484. The molecule has 0 aromatic carbocycles. The average Bonchev–Trinajstić information content (AvgIpc) is 2.64. The molecule has 4 atom stereocenters. The quantitative estimate of drug-likeness (QED) is 0.347. The molecule has 1 fully saturated rings. The SMILES string of the molecule is N=c1ccn([C@@H]2O[C@H](CO)[C@@H](O)[C@@H]2O)c(=O)n1N. The van der Waals surface area contributed by atoms with E-state index in [1.807, 2.05) is 0 Å². The van der Waals surface area contributed by atoms with Gasteiger partial charge in [0.1, 0.15) is 23.8 Å². The molecule has 0 aliphatic carbocycles. The molecule has 0 amide bonds. The number of nitrogen functional groups attached to an aromatic ring is 1. The van der Waals surface area contributed by atoms with Gasteiger partial charge in [-0.1, -0.05) is 0 Å². The van der Waals surface area contributed by atoms with E-state index in [0.717, 1.165) is 4.57 Å². The van der Waals surface area contributed by atoms with Crippen LogP contribution in [0.3, 0.4) is 0 Å². The molecule has 0 unspecified atom stereocenters. The van der Waals surface area contributed by atoms with E-state index >= 15 is 0 Å². The highest BCUT2D eigenvalue weighted by Crippen LogP contribution is 2.27. The molecule has 1 aliphatic rings. The molecule has 0 saturated carbocycles. The maximum Gasteiger partial charge on any atom is 0.350 e. The predicted molar refractivity (Wildman–Crippen MR) is 57.7 cm³/mol. The normalized spacial score (nSPS) is 31.7. The summed E-state index contributed by atoms with van der Waals surface area (Å²) in [6.07, 6.45) is -3.56. The first-order valence-electron chi connectivity index (χ1n) is 5.23. The first-order chi connectivity index (χ1) is 8.47. The monoisotopic (exact) mass is 258 g/mol. The number of hydrogen-bond donors (Lipinski definition) is 5. The van der Waals surface area contributed by atoms with Gasteiger partial charge >= 0.3 is 5.69 Å². The van der Waals surface area contributed by atoms with Crippen molar-refractivity contribution in [1.29, 1.82) is 5.41 Å². The van der Waals surface area contributed by atoms with Gasteiger partial charge in [-0.3, -0.25) is 9.98 Å². The van der Waals surface area contributed by atoms with Gasteiger partial charge in [-0.2, -0.15) is 4.68 Å². The Morgan fingerprint density at radius 2 is 2.11 bits per heavy atom. The second-order valence-corrected chi connectivity index (χ2v) is 3.99. The summed E-state index contributed by atoms with van der Waals surface area (Å²) in [4.78, 5) is 11.8. The van der Waals surface area contributed by atoms with Gasteiger partial charge in [0.25, 0.3) is 0 Å². The topological polar surface area (TPSA) is 147 Å². The highest BCUT2D eigenvalue weighted by molar-refractivity contribution is 4.93. The van der Waals surface area contributed by atoms with Crippen molar-refractivity contribution in [1.82, 2.24) is 9.24 Å². The van der Waals surface area contributed by atoms with Crippen LogP contribution in [-0.4, -0.2) is 49.5 Å². The summed E-state index contributed by atoms with van der Waals surface area (Å²) < 4.78 is 6.72. The lowest BCUT2D eigenvalue weighted by atomic mass is 10.1. The molecule has 6 N–H and O–H groups in total. The average molecular weight is 258 g/mol. The Bertz CT molecular complexity index is 553. The van der Waals surface area contributed by atoms with Crippen LogP contribution in [0.4, 0.5) is 0 Å². The Balaban J connectivity index is 2.42. The number of aromatic nitrogens is 2. The number of nitrogens with zero attached hydrogens (tertiary/aromatic N) is 2. The Labute approximate surface area is 101 Å². The van der Waals surface area contributed by atoms with E-state index in [0.29, 0.717) is 4.68 Å². The number of rotatable bonds is 2. The van der Waals surface area contributed by atoms with E-state index in [9.17, 15) is 15.0 Å². The summed E-state index contributed by atoms with van der Waals surface area (Å²) in [7, 11) is 0. The Morgan fingerprint density at radius 1 is 1.44 bits per heavy atom. The Kier molecular flexibility index (Phi) is 3.22. The second-order valence-electron chi connectivity index (χ2n) is 3.99. The molecule has 1 saturated heterocycles. The molecule has 1 aromatic rings. The van der Waals surface area contributed by atoms with Crippen molar-refractivity contribution < 1.29 is 20.1 Å². The van der Waals surface area contributed by atoms with Crippen molar-refractivity contribution in [3.63, 3.8) is 0 Å². The molecule has 0 spiro atoms. The maximum atomic E-state index is 11.8. The van der Waals surface area contributed by atoms with Crippen molar-refractivity contribution in [3.8, 4) is 0 Å². The minimum absolute atomic E-state index is 0.206. The number of hydrogen-bond acceptors (Lipinski definition) is 7. The number of nitrogens with two attached hydrogens (primary N) is 1. The lowest BCUT2D eigenvalue weighted by molar-refractivity contribution is -0.0554. The van der Waals surface area contributed by atoms with Gasteiger partial charge in [-0.25, -0.2) is 4.79 Å². The van der Waals surface area contributed by atoms with Gasteiger partial charge < -0.3 is 25.9 Å². The van der Waals surface area contributed by atoms with Crippen molar-refractivity contribution in [2.75, 3.05) is 12.4 Å². The molecule has 9 nitrogen and oxygen atoms in total. The summed E-state index contributed by atoms with van der Waals surface area (Å²) in [5.41, 5.74) is -0.972. The third kappa shape index (κ3) is 1.82.